The van der Waals surface area contributed by atoms with Gasteiger partial charge in [-0.3, -0.25) is 10.1 Å². The molecule has 3 N–H and O–H groups in total. The molecule has 0 saturated heterocycles. The maximum absolute atomic E-state index is 12.2. The fourth-order valence-corrected chi connectivity index (χ4v) is 2.86. The standard InChI is InChI=1S/C14H15N3OS/c1-8-3-2-4-10(15)12(8)13(18)17-14-16-11(7-19-14)9-5-6-9/h2-4,7,9H,5-6,15H2,1H3,(H,16,17,18). The first kappa shape index (κ1) is 12.2. The Morgan fingerprint density at radius 2 is 2.26 bits per heavy atom. The van der Waals surface area contributed by atoms with Gasteiger partial charge in [-0.15, -0.1) is 11.3 Å². The zero-order valence-electron chi connectivity index (χ0n) is 10.6. The van der Waals surface area contributed by atoms with E-state index in [2.05, 4.69) is 10.3 Å². The highest BCUT2D eigenvalue weighted by Crippen LogP contribution is 2.40. The van der Waals surface area contributed by atoms with Crippen molar-refractivity contribution in [1.29, 1.82) is 0 Å². The van der Waals surface area contributed by atoms with E-state index in [1.54, 1.807) is 6.07 Å². The molecule has 5 heteroatoms. The average molecular weight is 273 g/mol. The van der Waals surface area contributed by atoms with E-state index < -0.39 is 0 Å². The van der Waals surface area contributed by atoms with Gasteiger partial charge >= 0.3 is 0 Å². The van der Waals surface area contributed by atoms with Gasteiger partial charge in [-0.05, 0) is 31.4 Å². The van der Waals surface area contributed by atoms with Gasteiger partial charge in [0.2, 0.25) is 0 Å². The van der Waals surface area contributed by atoms with E-state index in [0.29, 0.717) is 22.3 Å². The number of nitrogen functional groups attached to an aromatic ring is 1. The Bertz CT molecular complexity index is 611. The quantitative estimate of drug-likeness (QED) is 0.844. The molecular weight excluding hydrogens is 258 g/mol. The maximum Gasteiger partial charge on any atom is 0.259 e. The average Bonchev–Trinajstić information content (AvgIpc) is 3.10. The van der Waals surface area contributed by atoms with Gasteiger partial charge in [0.25, 0.3) is 5.91 Å². The van der Waals surface area contributed by atoms with Crippen LogP contribution < -0.4 is 11.1 Å². The van der Waals surface area contributed by atoms with Crippen LogP contribution in [0.2, 0.25) is 0 Å². The van der Waals surface area contributed by atoms with Crippen LogP contribution in [0.4, 0.5) is 10.8 Å². The molecule has 1 amide bonds. The zero-order valence-corrected chi connectivity index (χ0v) is 11.5. The molecule has 3 rings (SSSR count). The molecule has 1 aliphatic rings. The van der Waals surface area contributed by atoms with Crippen LogP contribution in [0.15, 0.2) is 23.6 Å². The van der Waals surface area contributed by atoms with Crippen molar-refractivity contribution in [2.24, 2.45) is 0 Å². The van der Waals surface area contributed by atoms with Crippen molar-refractivity contribution in [3.63, 3.8) is 0 Å². The predicted octanol–water partition coefficient (Wildman–Crippen LogP) is 3.16. The first-order valence-electron chi connectivity index (χ1n) is 6.27. The van der Waals surface area contributed by atoms with Crippen molar-refractivity contribution in [3.05, 3.63) is 40.4 Å². The third-order valence-electron chi connectivity index (χ3n) is 3.27. The van der Waals surface area contributed by atoms with Gasteiger partial charge in [0.1, 0.15) is 0 Å². The van der Waals surface area contributed by atoms with E-state index in [0.717, 1.165) is 11.3 Å². The van der Waals surface area contributed by atoms with Gasteiger partial charge in [0, 0.05) is 17.0 Å². The largest absolute Gasteiger partial charge is 0.398 e. The molecule has 0 spiro atoms. The summed E-state index contributed by atoms with van der Waals surface area (Å²) in [6.07, 6.45) is 2.42. The van der Waals surface area contributed by atoms with Gasteiger partial charge in [0.15, 0.2) is 5.13 Å². The lowest BCUT2D eigenvalue weighted by atomic mass is 10.1. The number of carbonyl (C=O) groups excluding carboxylic acids is 1. The Kier molecular flexibility index (Phi) is 2.98. The summed E-state index contributed by atoms with van der Waals surface area (Å²) in [5.74, 6) is 0.415. The van der Waals surface area contributed by atoms with Gasteiger partial charge in [-0.1, -0.05) is 12.1 Å². The Labute approximate surface area is 115 Å². The summed E-state index contributed by atoms with van der Waals surface area (Å²) in [7, 11) is 0. The third-order valence-corrected chi connectivity index (χ3v) is 4.05. The molecule has 1 aromatic heterocycles. The number of rotatable bonds is 3. The molecule has 1 heterocycles. The van der Waals surface area contributed by atoms with Crippen molar-refractivity contribution >= 4 is 28.1 Å². The second-order valence-electron chi connectivity index (χ2n) is 4.85. The minimum Gasteiger partial charge on any atom is -0.398 e. The highest BCUT2D eigenvalue weighted by molar-refractivity contribution is 7.14. The summed E-state index contributed by atoms with van der Waals surface area (Å²) in [5.41, 5.74) is 8.86. The number of carbonyl (C=O) groups is 1. The number of amides is 1. The van der Waals surface area contributed by atoms with Crippen LogP contribution in [0.1, 0.15) is 40.4 Å². The second-order valence-corrected chi connectivity index (χ2v) is 5.70. The molecule has 4 nitrogen and oxygen atoms in total. The normalized spacial score (nSPS) is 14.4. The Morgan fingerprint density at radius 1 is 1.47 bits per heavy atom. The minimum absolute atomic E-state index is 0.188. The highest BCUT2D eigenvalue weighted by Gasteiger charge is 2.26. The van der Waals surface area contributed by atoms with Crippen molar-refractivity contribution < 1.29 is 4.79 Å². The summed E-state index contributed by atoms with van der Waals surface area (Å²) in [5, 5.41) is 5.50. The molecule has 0 atom stereocenters. The highest BCUT2D eigenvalue weighted by atomic mass is 32.1. The SMILES string of the molecule is Cc1cccc(N)c1C(=O)Nc1nc(C2CC2)cs1. The van der Waals surface area contributed by atoms with E-state index in [1.165, 1.54) is 24.2 Å². The number of benzene rings is 1. The first-order chi connectivity index (χ1) is 9.15. The Morgan fingerprint density at radius 3 is 2.95 bits per heavy atom. The molecule has 0 bridgehead atoms. The molecule has 0 unspecified atom stereocenters. The van der Waals surface area contributed by atoms with Crippen molar-refractivity contribution in [2.45, 2.75) is 25.7 Å². The summed E-state index contributed by atoms with van der Waals surface area (Å²) in [4.78, 5) is 16.7. The number of hydrogen-bond donors (Lipinski definition) is 2. The molecule has 0 radical (unpaired) electrons. The molecule has 19 heavy (non-hydrogen) atoms. The summed E-state index contributed by atoms with van der Waals surface area (Å²) >= 11 is 1.47. The van der Waals surface area contributed by atoms with Crippen molar-refractivity contribution in [2.75, 3.05) is 11.1 Å². The topological polar surface area (TPSA) is 68.0 Å². The molecule has 0 aliphatic heterocycles. The molecule has 98 valence electrons. The van der Waals surface area contributed by atoms with Crippen LogP contribution in [0.3, 0.4) is 0 Å². The number of nitrogens with one attached hydrogen (secondary N) is 1. The van der Waals surface area contributed by atoms with Crippen molar-refractivity contribution in [3.8, 4) is 0 Å². The van der Waals surface area contributed by atoms with Gasteiger partial charge in [-0.2, -0.15) is 0 Å². The molecule has 2 aromatic rings. The zero-order chi connectivity index (χ0) is 13.4. The summed E-state index contributed by atoms with van der Waals surface area (Å²) in [6, 6.07) is 5.46. The molecular formula is C14H15N3OS. The molecule has 1 aromatic carbocycles. The number of thiazole rings is 1. The summed E-state index contributed by atoms with van der Waals surface area (Å²) < 4.78 is 0. The summed E-state index contributed by atoms with van der Waals surface area (Å²) in [6.45, 7) is 1.88. The van der Waals surface area contributed by atoms with Crippen LogP contribution in [0.5, 0.6) is 0 Å². The van der Waals surface area contributed by atoms with Crippen LogP contribution >= 0.6 is 11.3 Å². The number of nitrogens with two attached hydrogens (primary N) is 1. The van der Waals surface area contributed by atoms with E-state index in [9.17, 15) is 4.79 Å². The van der Waals surface area contributed by atoms with Crippen LogP contribution in [0.25, 0.3) is 0 Å². The minimum atomic E-state index is -0.188. The van der Waals surface area contributed by atoms with Crippen LogP contribution in [-0.4, -0.2) is 10.9 Å². The van der Waals surface area contributed by atoms with E-state index >= 15 is 0 Å². The fourth-order valence-electron chi connectivity index (χ4n) is 2.07. The predicted molar refractivity (Wildman–Crippen MR) is 77.6 cm³/mol. The van der Waals surface area contributed by atoms with E-state index in [4.69, 9.17) is 5.73 Å². The number of anilines is 2. The number of aromatic nitrogens is 1. The van der Waals surface area contributed by atoms with Crippen LogP contribution in [-0.2, 0) is 0 Å². The van der Waals surface area contributed by atoms with Gasteiger partial charge in [-0.25, -0.2) is 4.98 Å². The molecule has 1 saturated carbocycles. The third kappa shape index (κ3) is 2.46. The number of aryl methyl sites for hydroxylation is 1. The van der Waals surface area contributed by atoms with Gasteiger partial charge in [0.05, 0.1) is 11.3 Å². The Balaban J connectivity index is 1.80. The van der Waals surface area contributed by atoms with Crippen LogP contribution in [0, 0.1) is 6.92 Å². The Hall–Kier alpha value is -1.88. The smallest absolute Gasteiger partial charge is 0.259 e. The molecule has 1 aliphatic carbocycles. The maximum atomic E-state index is 12.2. The number of nitrogens with zero attached hydrogens (tertiary/aromatic N) is 1. The lowest BCUT2D eigenvalue weighted by Crippen LogP contribution is -2.15. The van der Waals surface area contributed by atoms with E-state index in [1.807, 2.05) is 24.4 Å². The van der Waals surface area contributed by atoms with Gasteiger partial charge < -0.3 is 5.73 Å². The second kappa shape index (κ2) is 4.66. The monoisotopic (exact) mass is 273 g/mol. The first-order valence-corrected chi connectivity index (χ1v) is 7.15. The fraction of sp³-hybridized carbons (Fsp3) is 0.286. The molecule has 1 fully saturated rings. The lowest BCUT2D eigenvalue weighted by Gasteiger charge is -2.08. The van der Waals surface area contributed by atoms with E-state index in [-0.39, 0.29) is 5.91 Å². The van der Waals surface area contributed by atoms with Crippen molar-refractivity contribution in [1.82, 2.24) is 4.98 Å². The lowest BCUT2D eigenvalue weighted by molar-refractivity contribution is 0.102. The number of hydrogen-bond acceptors (Lipinski definition) is 4.